The SMILES string of the molecule is CSc1nnc(C(=O)[C@H](CC(C)C)NC(=O)[C@@H]2CCCC[C@@H]2NC(=O)c2ccccn2)o1. The summed E-state index contributed by atoms with van der Waals surface area (Å²) in [6.45, 7) is 3.95. The van der Waals surface area contributed by atoms with E-state index < -0.39 is 17.7 Å². The molecule has 2 heterocycles. The molecule has 9 nitrogen and oxygen atoms in total. The second kappa shape index (κ2) is 11.2. The van der Waals surface area contributed by atoms with Gasteiger partial charge >= 0.3 is 0 Å². The molecule has 0 radical (unpaired) electrons. The van der Waals surface area contributed by atoms with E-state index >= 15 is 0 Å². The normalized spacial score (nSPS) is 19.4. The van der Waals surface area contributed by atoms with Crippen LogP contribution in [0.1, 0.15) is 67.1 Å². The molecule has 2 amide bonds. The van der Waals surface area contributed by atoms with Gasteiger partial charge in [-0.3, -0.25) is 19.4 Å². The molecular weight excluding hydrogens is 430 g/mol. The van der Waals surface area contributed by atoms with Crippen molar-refractivity contribution in [3.05, 3.63) is 36.0 Å². The molecule has 3 rings (SSSR count). The lowest BCUT2D eigenvalue weighted by Gasteiger charge is -2.32. The third kappa shape index (κ3) is 6.15. The van der Waals surface area contributed by atoms with Gasteiger partial charge in [-0.15, -0.1) is 10.2 Å². The summed E-state index contributed by atoms with van der Waals surface area (Å²) < 4.78 is 5.38. The second-order valence-corrected chi connectivity index (χ2v) is 9.08. The number of nitrogens with zero attached hydrogens (tertiary/aromatic N) is 3. The summed E-state index contributed by atoms with van der Waals surface area (Å²) in [5.74, 6) is -1.32. The predicted octanol–water partition coefficient (Wildman–Crippen LogP) is 2.89. The first-order chi connectivity index (χ1) is 15.4. The second-order valence-electron chi connectivity index (χ2n) is 8.32. The number of hydrogen-bond acceptors (Lipinski definition) is 8. The van der Waals surface area contributed by atoms with Crippen molar-refractivity contribution in [2.24, 2.45) is 11.8 Å². The van der Waals surface area contributed by atoms with Gasteiger partial charge in [-0.05, 0) is 43.6 Å². The molecule has 0 bridgehead atoms. The fraction of sp³-hybridized carbons (Fsp3) is 0.545. The van der Waals surface area contributed by atoms with Crippen LogP contribution in [0.3, 0.4) is 0 Å². The van der Waals surface area contributed by atoms with Gasteiger partial charge in [-0.1, -0.05) is 44.5 Å². The van der Waals surface area contributed by atoms with Gasteiger partial charge in [0.2, 0.25) is 11.7 Å². The molecular formula is C22H29N5O4S. The summed E-state index contributed by atoms with van der Waals surface area (Å²) in [6.07, 6.45) is 6.92. The van der Waals surface area contributed by atoms with Crippen LogP contribution in [-0.4, -0.2) is 51.1 Å². The van der Waals surface area contributed by atoms with Crippen LogP contribution in [0, 0.1) is 11.8 Å². The smallest absolute Gasteiger partial charge is 0.286 e. The van der Waals surface area contributed by atoms with Crippen LogP contribution >= 0.6 is 11.8 Å². The van der Waals surface area contributed by atoms with Crippen molar-refractivity contribution >= 4 is 29.4 Å². The van der Waals surface area contributed by atoms with Crippen molar-refractivity contribution in [1.82, 2.24) is 25.8 Å². The molecule has 10 heteroatoms. The van der Waals surface area contributed by atoms with E-state index in [9.17, 15) is 14.4 Å². The maximum atomic E-state index is 13.2. The minimum atomic E-state index is -0.772. The van der Waals surface area contributed by atoms with Gasteiger partial charge < -0.3 is 15.1 Å². The number of carbonyl (C=O) groups excluding carboxylic acids is 3. The third-order valence-electron chi connectivity index (χ3n) is 5.45. The summed E-state index contributed by atoms with van der Waals surface area (Å²) in [4.78, 5) is 42.9. The molecule has 0 aliphatic heterocycles. The Labute approximate surface area is 191 Å². The molecule has 2 N–H and O–H groups in total. The van der Waals surface area contributed by atoms with Gasteiger partial charge in [0, 0.05) is 12.2 Å². The van der Waals surface area contributed by atoms with Gasteiger partial charge in [0.15, 0.2) is 0 Å². The first-order valence-electron chi connectivity index (χ1n) is 10.8. The molecule has 1 saturated carbocycles. The van der Waals surface area contributed by atoms with Gasteiger partial charge in [-0.2, -0.15) is 0 Å². The molecule has 1 fully saturated rings. The molecule has 2 aromatic rings. The molecule has 0 aromatic carbocycles. The van der Waals surface area contributed by atoms with Crippen LogP contribution < -0.4 is 10.6 Å². The maximum absolute atomic E-state index is 13.2. The van der Waals surface area contributed by atoms with E-state index in [4.69, 9.17) is 4.42 Å². The Balaban J connectivity index is 1.71. The van der Waals surface area contributed by atoms with E-state index in [2.05, 4.69) is 25.8 Å². The van der Waals surface area contributed by atoms with Crippen LogP contribution in [0.2, 0.25) is 0 Å². The van der Waals surface area contributed by atoms with Crippen molar-refractivity contribution in [2.75, 3.05) is 6.26 Å². The zero-order chi connectivity index (χ0) is 23.1. The van der Waals surface area contributed by atoms with E-state index in [-0.39, 0.29) is 29.7 Å². The molecule has 172 valence electrons. The first kappa shape index (κ1) is 23.9. The van der Waals surface area contributed by atoms with Gasteiger partial charge in [-0.25, -0.2) is 0 Å². The summed E-state index contributed by atoms with van der Waals surface area (Å²) >= 11 is 1.25. The van der Waals surface area contributed by atoms with Crippen molar-refractivity contribution in [3.8, 4) is 0 Å². The fourth-order valence-electron chi connectivity index (χ4n) is 3.88. The van der Waals surface area contributed by atoms with Gasteiger partial charge in [0.25, 0.3) is 17.0 Å². The number of Topliss-reactive ketones (excluding diaryl/α,β-unsaturated/α-hetero) is 1. The molecule has 1 aliphatic carbocycles. The molecule has 3 atom stereocenters. The fourth-order valence-corrected chi connectivity index (χ4v) is 4.16. The number of aromatic nitrogens is 3. The monoisotopic (exact) mass is 459 g/mol. The van der Waals surface area contributed by atoms with E-state index in [1.807, 2.05) is 13.8 Å². The molecule has 0 saturated heterocycles. The highest BCUT2D eigenvalue weighted by molar-refractivity contribution is 7.98. The topological polar surface area (TPSA) is 127 Å². The number of rotatable bonds is 9. The van der Waals surface area contributed by atoms with Crippen LogP contribution in [-0.2, 0) is 4.79 Å². The van der Waals surface area contributed by atoms with Gasteiger partial charge in [0.05, 0.1) is 12.0 Å². The number of amides is 2. The molecule has 0 unspecified atom stereocenters. The minimum absolute atomic E-state index is 0.107. The Bertz CT molecular complexity index is 933. The van der Waals surface area contributed by atoms with Gasteiger partial charge in [0.1, 0.15) is 5.69 Å². The van der Waals surface area contributed by atoms with Crippen molar-refractivity contribution in [3.63, 3.8) is 0 Å². The van der Waals surface area contributed by atoms with Crippen LogP contribution in [0.15, 0.2) is 34.0 Å². The third-order valence-corrected chi connectivity index (χ3v) is 5.96. The van der Waals surface area contributed by atoms with E-state index in [0.717, 1.165) is 12.8 Å². The highest BCUT2D eigenvalue weighted by Gasteiger charge is 2.35. The zero-order valence-corrected chi connectivity index (χ0v) is 19.4. The molecule has 2 aromatic heterocycles. The van der Waals surface area contributed by atoms with E-state index in [1.54, 1.807) is 30.7 Å². The average Bonchev–Trinajstić information content (AvgIpc) is 3.28. The van der Waals surface area contributed by atoms with E-state index in [1.165, 1.54) is 11.8 Å². The summed E-state index contributed by atoms with van der Waals surface area (Å²) in [7, 11) is 0. The number of carbonyl (C=O) groups is 3. The maximum Gasteiger partial charge on any atom is 0.286 e. The average molecular weight is 460 g/mol. The lowest BCUT2D eigenvalue weighted by atomic mass is 9.83. The number of thioether (sulfide) groups is 1. The Morgan fingerprint density at radius 1 is 1.19 bits per heavy atom. The highest BCUT2D eigenvalue weighted by Crippen LogP contribution is 2.26. The number of pyridine rings is 1. The van der Waals surface area contributed by atoms with E-state index in [0.29, 0.717) is 30.2 Å². The Kier molecular flexibility index (Phi) is 8.38. The van der Waals surface area contributed by atoms with Crippen LogP contribution in [0.5, 0.6) is 0 Å². The summed E-state index contributed by atoms with van der Waals surface area (Å²) in [6, 6.07) is 4.03. The Morgan fingerprint density at radius 2 is 1.97 bits per heavy atom. The van der Waals surface area contributed by atoms with Crippen LogP contribution in [0.4, 0.5) is 0 Å². The molecule has 0 spiro atoms. The van der Waals surface area contributed by atoms with Crippen molar-refractivity contribution in [1.29, 1.82) is 0 Å². The number of ketones is 1. The lowest BCUT2D eigenvalue weighted by molar-refractivity contribution is -0.127. The molecule has 1 aliphatic rings. The lowest BCUT2D eigenvalue weighted by Crippen LogP contribution is -2.52. The number of hydrogen-bond donors (Lipinski definition) is 2. The zero-order valence-electron chi connectivity index (χ0n) is 18.5. The predicted molar refractivity (Wildman–Crippen MR) is 119 cm³/mol. The quantitative estimate of drug-likeness (QED) is 0.433. The van der Waals surface area contributed by atoms with Crippen molar-refractivity contribution in [2.45, 2.75) is 63.3 Å². The Morgan fingerprint density at radius 3 is 2.62 bits per heavy atom. The Hall–Kier alpha value is -2.75. The summed E-state index contributed by atoms with van der Waals surface area (Å²) in [5, 5.41) is 13.8. The first-order valence-corrected chi connectivity index (χ1v) is 12.1. The standard InChI is InChI=1S/C22H29N5O4S/c1-13(2)12-17(18(28)21-26-27-22(31-21)32-3)25-19(29)14-8-4-5-9-15(14)24-20(30)16-10-6-7-11-23-16/h6-7,10-11,13-15,17H,4-5,8-9,12H2,1-3H3,(H,24,30)(H,25,29)/t14-,15+,17+/m1/s1. The molecule has 32 heavy (non-hydrogen) atoms. The minimum Gasteiger partial charge on any atom is -0.408 e. The van der Waals surface area contributed by atoms with Crippen LogP contribution in [0.25, 0.3) is 0 Å². The summed E-state index contributed by atoms with van der Waals surface area (Å²) in [5.41, 5.74) is 0.311. The largest absolute Gasteiger partial charge is 0.408 e. The van der Waals surface area contributed by atoms with Crippen molar-refractivity contribution < 1.29 is 18.8 Å². The highest BCUT2D eigenvalue weighted by atomic mass is 32.2. The number of nitrogens with one attached hydrogen (secondary N) is 2.